The van der Waals surface area contributed by atoms with Crippen LogP contribution < -0.4 is 5.73 Å². The van der Waals surface area contributed by atoms with E-state index in [4.69, 9.17) is 22.7 Å². The number of hydrogen-bond acceptors (Lipinski definition) is 3. The van der Waals surface area contributed by atoms with Gasteiger partial charge in [-0.05, 0) is 32.6 Å². The van der Waals surface area contributed by atoms with Crippen LogP contribution in [0, 0.1) is 11.3 Å². The van der Waals surface area contributed by atoms with Crippen molar-refractivity contribution in [3.63, 3.8) is 0 Å². The molecule has 0 saturated carbocycles. The van der Waals surface area contributed by atoms with E-state index >= 15 is 0 Å². The minimum Gasteiger partial charge on any atom is -0.392 e. The molecule has 0 bridgehead atoms. The van der Waals surface area contributed by atoms with Crippen molar-refractivity contribution in [3.05, 3.63) is 0 Å². The van der Waals surface area contributed by atoms with Crippen molar-refractivity contribution in [2.24, 2.45) is 17.1 Å². The van der Waals surface area contributed by atoms with Gasteiger partial charge in [-0.3, -0.25) is 4.79 Å². The Morgan fingerprint density at radius 2 is 2.24 bits per heavy atom. The third-order valence-corrected chi connectivity index (χ3v) is 3.79. The van der Waals surface area contributed by atoms with Gasteiger partial charge in [0.05, 0.1) is 17.0 Å². The molecule has 1 aliphatic heterocycles. The minimum absolute atomic E-state index is 0.0180. The van der Waals surface area contributed by atoms with Gasteiger partial charge in [0.25, 0.3) is 0 Å². The van der Waals surface area contributed by atoms with Crippen molar-refractivity contribution >= 4 is 23.1 Å². The lowest BCUT2D eigenvalue weighted by Crippen LogP contribution is -2.47. The van der Waals surface area contributed by atoms with Crippen LogP contribution in [-0.2, 0) is 9.53 Å². The molecular formula is C12H22N2O2S. The first kappa shape index (κ1) is 14.4. The molecule has 0 aromatic heterocycles. The molecule has 1 saturated heterocycles. The smallest absolute Gasteiger partial charge is 0.234 e. The van der Waals surface area contributed by atoms with Gasteiger partial charge in [-0.1, -0.05) is 12.2 Å². The van der Waals surface area contributed by atoms with Crippen molar-refractivity contribution in [1.29, 1.82) is 0 Å². The standard InChI is InChI=1S/C12H22N2O2S/c1-12(2,10(13)17)11(15)14(3)7-9-5-4-6-16-8-9/h9H,4-8H2,1-3H3,(H2,13,17). The Kier molecular flexibility index (Phi) is 4.89. The van der Waals surface area contributed by atoms with E-state index in [1.807, 2.05) is 0 Å². The first-order chi connectivity index (χ1) is 7.85. The average molecular weight is 258 g/mol. The number of nitrogens with two attached hydrogens (primary N) is 1. The van der Waals surface area contributed by atoms with Crippen LogP contribution in [0.5, 0.6) is 0 Å². The summed E-state index contributed by atoms with van der Waals surface area (Å²) in [5.74, 6) is 0.412. The molecule has 1 rings (SSSR count). The van der Waals surface area contributed by atoms with Crippen molar-refractivity contribution in [3.8, 4) is 0 Å². The molecular weight excluding hydrogens is 236 g/mol. The maximum Gasteiger partial charge on any atom is 0.234 e. The predicted octanol–water partition coefficient (Wildman–Crippen LogP) is 1.18. The molecule has 0 aliphatic carbocycles. The van der Waals surface area contributed by atoms with Crippen LogP contribution in [0.1, 0.15) is 26.7 Å². The summed E-state index contributed by atoms with van der Waals surface area (Å²) in [6.45, 7) is 5.83. The van der Waals surface area contributed by atoms with E-state index in [1.165, 1.54) is 0 Å². The zero-order valence-electron chi connectivity index (χ0n) is 10.9. The second kappa shape index (κ2) is 5.78. The lowest BCUT2D eigenvalue weighted by molar-refractivity contribution is -0.136. The van der Waals surface area contributed by atoms with Crippen LogP contribution in [0.4, 0.5) is 0 Å². The normalized spacial score (nSPS) is 21.0. The Morgan fingerprint density at radius 1 is 1.59 bits per heavy atom. The molecule has 4 nitrogen and oxygen atoms in total. The molecule has 1 aliphatic rings. The highest BCUT2D eigenvalue weighted by Crippen LogP contribution is 2.21. The van der Waals surface area contributed by atoms with Crippen LogP contribution in [-0.4, -0.2) is 42.6 Å². The van der Waals surface area contributed by atoms with E-state index in [0.717, 1.165) is 26.1 Å². The summed E-state index contributed by atoms with van der Waals surface area (Å²) in [5.41, 5.74) is 4.84. The first-order valence-corrected chi connectivity index (χ1v) is 6.39. The summed E-state index contributed by atoms with van der Waals surface area (Å²) < 4.78 is 5.41. The fraction of sp³-hybridized carbons (Fsp3) is 0.833. The Bertz CT molecular complexity index is 299. The van der Waals surface area contributed by atoms with Gasteiger partial charge < -0.3 is 15.4 Å². The lowest BCUT2D eigenvalue weighted by atomic mass is 9.91. The summed E-state index contributed by atoms with van der Waals surface area (Å²) in [5, 5.41) is 0. The highest BCUT2D eigenvalue weighted by Gasteiger charge is 2.34. The molecule has 17 heavy (non-hydrogen) atoms. The molecule has 0 spiro atoms. The fourth-order valence-electron chi connectivity index (χ4n) is 2.00. The second-order valence-electron chi connectivity index (χ2n) is 5.26. The number of thiocarbonyl (C=S) groups is 1. The maximum atomic E-state index is 12.2. The molecule has 0 aromatic carbocycles. The molecule has 1 fully saturated rings. The zero-order valence-corrected chi connectivity index (χ0v) is 11.7. The Morgan fingerprint density at radius 3 is 2.71 bits per heavy atom. The van der Waals surface area contributed by atoms with Gasteiger partial charge in [0.1, 0.15) is 0 Å². The molecule has 1 amide bonds. The van der Waals surface area contributed by atoms with E-state index in [0.29, 0.717) is 12.5 Å². The summed E-state index contributed by atoms with van der Waals surface area (Å²) in [7, 11) is 1.80. The number of ether oxygens (including phenoxy) is 1. The third-order valence-electron chi connectivity index (χ3n) is 3.28. The van der Waals surface area contributed by atoms with E-state index in [1.54, 1.807) is 25.8 Å². The summed E-state index contributed by atoms with van der Waals surface area (Å²) in [6.07, 6.45) is 2.19. The number of amides is 1. The SMILES string of the molecule is CN(CC1CCCOC1)C(=O)C(C)(C)C(N)=S. The van der Waals surface area contributed by atoms with E-state index in [-0.39, 0.29) is 10.9 Å². The Hall–Kier alpha value is -0.680. The van der Waals surface area contributed by atoms with Crippen LogP contribution in [0.2, 0.25) is 0 Å². The Balaban J connectivity index is 2.54. The van der Waals surface area contributed by atoms with Crippen LogP contribution in [0.25, 0.3) is 0 Å². The van der Waals surface area contributed by atoms with E-state index in [9.17, 15) is 4.79 Å². The van der Waals surface area contributed by atoms with Gasteiger partial charge in [-0.15, -0.1) is 0 Å². The summed E-state index contributed by atoms with van der Waals surface area (Å²) in [4.78, 5) is 14.2. The largest absolute Gasteiger partial charge is 0.392 e. The first-order valence-electron chi connectivity index (χ1n) is 5.99. The predicted molar refractivity (Wildman–Crippen MR) is 71.7 cm³/mol. The third kappa shape index (κ3) is 3.64. The molecule has 1 unspecified atom stereocenters. The van der Waals surface area contributed by atoms with Crippen LogP contribution >= 0.6 is 12.2 Å². The number of hydrogen-bond donors (Lipinski definition) is 1. The number of carbonyl (C=O) groups is 1. The highest BCUT2D eigenvalue weighted by atomic mass is 32.1. The van der Waals surface area contributed by atoms with Crippen molar-refractivity contribution < 1.29 is 9.53 Å². The van der Waals surface area contributed by atoms with Gasteiger partial charge in [-0.25, -0.2) is 0 Å². The second-order valence-corrected chi connectivity index (χ2v) is 5.70. The van der Waals surface area contributed by atoms with Gasteiger partial charge in [0, 0.05) is 20.2 Å². The molecule has 98 valence electrons. The molecule has 2 N–H and O–H groups in total. The number of rotatable bonds is 4. The highest BCUT2D eigenvalue weighted by molar-refractivity contribution is 7.80. The minimum atomic E-state index is -0.764. The fourth-order valence-corrected chi connectivity index (χ4v) is 2.09. The topological polar surface area (TPSA) is 55.6 Å². The van der Waals surface area contributed by atoms with Gasteiger partial charge >= 0.3 is 0 Å². The Labute approximate surface area is 108 Å². The van der Waals surface area contributed by atoms with Crippen molar-refractivity contribution in [2.75, 3.05) is 26.8 Å². The lowest BCUT2D eigenvalue weighted by Gasteiger charge is -2.32. The molecule has 5 heteroatoms. The average Bonchev–Trinajstić information content (AvgIpc) is 2.29. The monoisotopic (exact) mass is 258 g/mol. The van der Waals surface area contributed by atoms with E-state index < -0.39 is 5.41 Å². The quantitative estimate of drug-likeness (QED) is 0.769. The molecule has 0 radical (unpaired) electrons. The zero-order chi connectivity index (χ0) is 13.1. The van der Waals surface area contributed by atoms with Gasteiger partial charge in [-0.2, -0.15) is 0 Å². The van der Waals surface area contributed by atoms with E-state index in [2.05, 4.69) is 0 Å². The van der Waals surface area contributed by atoms with Gasteiger partial charge in [0.15, 0.2) is 0 Å². The summed E-state index contributed by atoms with van der Waals surface area (Å²) in [6, 6.07) is 0. The number of carbonyl (C=O) groups excluding carboxylic acids is 1. The summed E-state index contributed by atoms with van der Waals surface area (Å²) >= 11 is 4.94. The van der Waals surface area contributed by atoms with Crippen LogP contribution in [0.15, 0.2) is 0 Å². The molecule has 1 atom stereocenters. The van der Waals surface area contributed by atoms with Crippen molar-refractivity contribution in [2.45, 2.75) is 26.7 Å². The van der Waals surface area contributed by atoms with Crippen molar-refractivity contribution in [1.82, 2.24) is 4.90 Å². The van der Waals surface area contributed by atoms with Crippen LogP contribution in [0.3, 0.4) is 0 Å². The molecule has 1 heterocycles. The maximum absolute atomic E-state index is 12.2. The van der Waals surface area contributed by atoms with Gasteiger partial charge in [0.2, 0.25) is 5.91 Å². The molecule has 0 aromatic rings. The number of nitrogens with zero attached hydrogens (tertiary/aromatic N) is 1.